The summed E-state index contributed by atoms with van der Waals surface area (Å²) in [6, 6.07) is 10.3. The number of nitrogens with one attached hydrogen (secondary N) is 1. The quantitative estimate of drug-likeness (QED) is 0.699. The maximum atomic E-state index is 13.8. The fourth-order valence-corrected chi connectivity index (χ4v) is 2.07. The summed E-state index contributed by atoms with van der Waals surface area (Å²) in [7, 11) is 0. The minimum atomic E-state index is -0.328. The first-order valence-corrected chi connectivity index (χ1v) is 6.17. The minimum Gasteiger partial charge on any atom is -0.397 e. The first-order valence-electron chi connectivity index (χ1n) is 6.17. The van der Waals surface area contributed by atoms with Gasteiger partial charge in [-0.2, -0.15) is 0 Å². The smallest absolute Gasteiger partial charge is 0.146 e. The van der Waals surface area contributed by atoms with E-state index >= 15 is 0 Å². The Bertz CT molecular complexity index is 786. The van der Waals surface area contributed by atoms with E-state index < -0.39 is 0 Å². The molecule has 0 saturated heterocycles. The number of halogens is 1. The number of hydrogen-bond donors (Lipinski definition) is 2. The maximum absolute atomic E-state index is 13.8. The van der Waals surface area contributed by atoms with E-state index in [-0.39, 0.29) is 5.82 Å². The van der Waals surface area contributed by atoms with Gasteiger partial charge in [0.2, 0.25) is 0 Å². The molecule has 0 unspecified atom stereocenters. The van der Waals surface area contributed by atoms with Crippen molar-refractivity contribution in [1.82, 2.24) is 9.97 Å². The molecule has 0 radical (unpaired) electrons. The Labute approximate surface area is 115 Å². The standard InChI is InChI=1S/C15H13FN4/c1-9-5-6-11(16)13(7-9)20-15-10-3-2-4-12(17)14(10)18-8-19-15/h2-8H,17H2,1H3,(H,18,19,20). The number of aromatic nitrogens is 2. The number of rotatable bonds is 2. The lowest BCUT2D eigenvalue weighted by atomic mass is 10.2. The van der Waals surface area contributed by atoms with Crippen molar-refractivity contribution >= 4 is 28.1 Å². The van der Waals surface area contributed by atoms with Gasteiger partial charge in [-0.05, 0) is 36.8 Å². The van der Waals surface area contributed by atoms with Gasteiger partial charge in [0.15, 0.2) is 0 Å². The van der Waals surface area contributed by atoms with Crippen LogP contribution in [-0.4, -0.2) is 9.97 Å². The van der Waals surface area contributed by atoms with Crippen LogP contribution in [0.1, 0.15) is 5.56 Å². The molecular formula is C15H13FN4. The number of benzene rings is 2. The molecule has 2 aromatic carbocycles. The molecule has 1 heterocycles. The van der Waals surface area contributed by atoms with Crippen LogP contribution in [0.2, 0.25) is 0 Å². The van der Waals surface area contributed by atoms with E-state index in [0.29, 0.717) is 22.7 Å². The summed E-state index contributed by atoms with van der Waals surface area (Å²) in [5, 5.41) is 3.76. The monoisotopic (exact) mass is 268 g/mol. The molecule has 0 aliphatic carbocycles. The average Bonchev–Trinajstić information content (AvgIpc) is 2.44. The third kappa shape index (κ3) is 2.14. The first kappa shape index (κ1) is 12.3. The number of nitrogens with zero attached hydrogens (tertiary/aromatic N) is 2. The van der Waals surface area contributed by atoms with Gasteiger partial charge in [-0.15, -0.1) is 0 Å². The van der Waals surface area contributed by atoms with E-state index in [4.69, 9.17) is 5.73 Å². The Morgan fingerprint density at radius 2 is 2.00 bits per heavy atom. The topological polar surface area (TPSA) is 63.8 Å². The summed E-state index contributed by atoms with van der Waals surface area (Å²) in [6.07, 6.45) is 1.41. The molecule has 1 aromatic heterocycles. The van der Waals surface area contributed by atoms with E-state index in [9.17, 15) is 4.39 Å². The van der Waals surface area contributed by atoms with Crippen molar-refractivity contribution in [2.24, 2.45) is 0 Å². The molecule has 3 aromatic rings. The molecular weight excluding hydrogens is 255 g/mol. The molecule has 5 heteroatoms. The van der Waals surface area contributed by atoms with Gasteiger partial charge in [0.1, 0.15) is 18.0 Å². The third-order valence-corrected chi connectivity index (χ3v) is 3.07. The summed E-state index contributed by atoms with van der Waals surface area (Å²) in [6.45, 7) is 1.90. The second-order valence-electron chi connectivity index (χ2n) is 4.57. The van der Waals surface area contributed by atoms with E-state index in [1.165, 1.54) is 12.4 Å². The van der Waals surface area contributed by atoms with Crippen LogP contribution in [-0.2, 0) is 0 Å². The SMILES string of the molecule is Cc1ccc(F)c(Nc2ncnc3c(N)cccc23)c1. The molecule has 0 aliphatic rings. The molecule has 100 valence electrons. The minimum absolute atomic E-state index is 0.328. The van der Waals surface area contributed by atoms with Gasteiger partial charge in [-0.1, -0.05) is 12.1 Å². The lowest BCUT2D eigenvalue weighted by Crippen LogP contribution is -1.99. The summed E-state index contributed by atoms with van der Waals surface area (Å²) in [4.78, 5) is 8.32. The van der Waals surface area contributed by atoms with Crippen molar-refractivity contribution in [3.8, 4) is 0 Å². The van der Waals surface area contributed by atoms with E-state index in [0.717, 1.165) is 10.9 Å². The highest BCUT2D eigenvalue weighted by Gasteiger charge is 2.08. The average molecular weight is 268 g/mol. The number of para-hydroxylation sites is 1. The highest BCUT2D eigenvalue weighted by atomic mass is 19.1. The van der Waals surface area contributed by atoms with E-state index in [1.54, 1.807) is 18.2 Å². The molecule has 0 saturated carbocycles. The Hall–Kier alpha value is -2.69. The third-order valence-electron chi connectivity index (χ3n) is 3.07. The predicted octanol–water partition coefficient (Wildman–Crippen LogP) is 3.40. The van der Waals surface area contributed by atoms with Crippen molar-refractivity contribution in [1.29, 1.82) is 0 Å². The van der Waals surface area contributed by atoms with Crippen LogP contribution < -0.4 is 11.1 Å². The second kappa shape index (κ2) is 4.77. The summed E-state index contributed by atoms with van der Waals surface area (Å²) < 4.78 is 13.8. The van der Waals surface area contributed by atoms with Crippen molar-refractivity contribution in [2.45, 2.75) is 6.92 Å². The lowest BCUT2D eigenvalue weighted by Gasteiger charge is -2.10. The van der Waals surface area contributed by atoms with Crippen LogP contribution in [0.5, 0.6) is 0 Å². The van der Waals surface area contributed by atoms with Gasteiger partial charge in [-0.3, -0.25) is 0 Å². The fourth-order valence-electron chi connectivity index (χ4n) is 2.07. The lowest BCUT2D eigenvalue weighted by molar-refractivity contribution is 0.631. The summed E-state index contributed by atoms with van der Waals surface area (Å²) in [5.74, 6) is 0.207. The summed E-state index contributed by atoms with van der Waals surface area (Å²) >= 11 is 0. The number of nitrogen functional groups attached to an aromatic ring is 1. The van der Waals surface area contributed by atoms with E-state index in [2.05, 4.69) is 15.3 Å². The van der Waals surface area contributed by atoms with Crippen molar-refractivity contribution in [3.63, 3.8) is 0 Å². The Morgan fingerprint density at radius 3 is 2.85 bits per heavy atom. The molecule has 0 amide bonds. The first-order chi connectivity index (χ1) is 9.65. The molecule has 0 bridgehead atoms. The molecule has 0 fully saturated rings. The zero-order valence-corrected chi connectivity index (χ0v) is 10.9. The number of aryl methyl sites for hydroxylation is 1. The van der Waals surface area contributed by atoms with Crippen LogP contribution in [0, 0.1) is 12.7 Å². The van der Waals surface area contributed by atoms with Crippen LogP contribution in [0.15, 0.2) is 42.7 Å². The normalized spacial score (nSPS) is 10.7. The molecule has 3 rings (SSSR count). The van der Waals surface area contributed by atoms with Crippen LogP contribution in [0.3, 0.4) is 0 Å². The predicted molar refractivity (Wildman–Crippen MR) is 78.4 cm³/mol. The van der Waals surface area contributed by atoms with Crippen LogP contribution in [0.4, 0.5) is 21.6 Å². The van der Waals surface area contributed by atoms with Crippen molar-refractivity contribution in [2.75, 3.05) is 11.1 Å². The Morgan fingerprint density at radius 1 is 1.15 bits per heavy atom. The molecule has 0 spiro atoms. The van der Waals surface area contributed by atoms with Crippen molar-refractivity contribution in [3.05, 3.63) is 54.1 Å². The zero-order valence-electron chi connectivity index (χ0n) is 10.9. The maximum Gasteiger partial charge on any atom is 0.146 e. The molecule has 20 heavy (non-hydrogen) atoms. The van der Waals surface area contributed by atoms with Gasteiger partial charge in [0, 0.05) is 5.39 Å². The zero-order chi connectivity index (χ0) is 14.1. The van der Waals surface area contributed by atoms with E-state index in [1.807, 2.05) is 19.1 Å². The molecule has 0 aliphatic heterocycles. The number of fused-ring (bicyclic) bond motifs is 1. The molecule has 4 nitrogen and oxygen atoms in total. The van der Waals surface area contributed by atoms with Gasteiger partial charge in [0.05, 0.1) is 16.9 Å². The van der Waals surface area contributed by atoms with Crippen LogP contribution in [0.25, 0.3) is 10.9 Å². The molecule has 0 atom stereocenters. The molecule has 3 N–H and O–H groups in total. The van der Waals surface area contributed by atoms with Gasteiger partial charge in [-0.25, -0.2) is 14.4 Å². The number of nitrogens with two attached hydrogens (primary N) is 1. The van der Waals surface area contributed by atoms with Crippen LogP contribution >= 0.6 is 0 Å². The largest absolute Gasteiger partial charge is 0.397 e. The fraction of sp³-hybridized carbons (Fsp3) is 0.0667. The van der Waals surface area contributed by atoms with Gasteiger partial charge >= 0.3 is 0 Å². The highest BCUT2D eigenvalue weighted by molar-refractivity contribution is 5.97. The van der Waals surface area contributed by atoms with Gasteiger partial charge in [0.25, 0.3) is 0 Å². The van der Waals surface area contributed by atoms with Crippen molar-refractivity contribution < 1.29 is 4.39 Å². The second-order valence-corrected chi connectivity index (χ2v) is 4.57. The summed E-state index contributed by atoms with van der Waals surface area (Å²) in [5.41, 5.74) is 8.45. The number of hydrogen-bond acceptors (Lipinski definition) is 4. The van der Waals surface area contributed by atoms with Gasteiger partial charge < -0.3 is 11.1 Å². The highest BCUT2D eigenvalue weighted by Crippen LogP contribution is 2.27. The Balaban J connectivity index is 2.11. The number of anilines is 3. The Kier molecular flexibility index (Phi) is 2.95.